The molecule has 0 fully saturated rings. The van der Waals surface area contributed by atoms with Gasteiger partial charge in [0, 0.05) is 27.1 Å². The van der Waals surface area contributed by atoms with Crippen LogP contribution in [0, 0.1) is 0 Å². The number of carbonyl (C=O) groups is 3. The Balaban J connectivity index is 1.24. The third kappa shape index (κ3) is 9.28. The van der Waals surface area contributed by atoms with Gasteiger partial charge < -0.3 is 30.2 Å². The number of aromatic nitrogens is 1. The van der Waals surface area contributed by atoms with Crippen molar-refractivity contribution < 1.29 is 28.6 Å². The molecule has 49 heavy (non-hydrogen) atoms. The summed E-state index contributed by atoms with van der Waals surface area (Å²) in [5.74, 6) is 0.595. The maximum atomic E-state index is 13.5. The van der Waals surface area contributed by atoms with E-state index in [1.54, 1.807) is 73.8 Å². The monoisotopic (exact) mass is 694 g/mol. The minimum Gasteiger partial charge on any atom is -0.497 e. The van der Waals surface area contributed by atoms with Gasteiger partial charge in [-0.25, -0.2) is 4.98 Å². The highest BCUT2D eigenvalue weighted by Crippen LogP contribution is 2.30. The molecular weight excluding hydrogens is 661 g/mol. The van der Waals surface area contributed by atoms with Crippen molar-refractivity contribution in [2.24, 2.45) is 0 Å². The zero-order valence-electron chi connectivity index (χ0n) is 27.2. The van der Waals surface area contributed by atoms with Crippen molar-refractivity contribution in [1.29, 1.82) is 0 Å². The van der Waals surface area contributed by atoms with E-state index in [2.05, 4.69) is 20.9 Å². The molecule has 0 aliphatic carbocycles. The molecule has 5 aromatic rings. The number of amides is 3. The SMILES string of the molecule is COc1cccc(-c2csc(NC(=O)C(C)Sc3ccc(NC(=O)/C(=C/c4ccc(OC)c(OC)c4)NC(=O)c4ccccc4)cc3)n2)c1. The van der Waals surface area contributed by atoms with Gasteiger partial charge in [-0.15, -0.1) is 23.1 Å². The zero-order chi connectivity index (χ0) is 34.8. The largest absolute Gasteiger partial charge is 0.497 e. The maximum Gasteiger partial charge on any atom is 0.272 e. The van der Waals surface area contributed by atoms with Crippen molar-refractivity contribution in [3.63, 3.8) is 0 Å². The number of nitrogens with zero attached hydrogens (tertiary/aromatic N) is 1. The molecule has 0 saturated heterocycles. The van der Waals surface area contributed by atoms with E-state index in [4.69, 9.17) is 14.2 Å². The standard InChI is InChI=1S/C37H34N4O6S2/c1-23(34(42)41-37-40-31(22-48-37)26-11-8-12-28(21-26)45-2)49-29-16-14-27(15-17-29)38-36(44)30(39-35(43)25-9-6-5-7-10-25)19-24-13-18-32(46-3)33(20-24)47-4/h5-23H,1-4H3,(H,38,44)(H,39,43)(H,40,41,42)/b30-19-. The molecule has 0 aliphatic rings. The second-order valence-corrected chi connectivity index (χ2v) is 12.8. The van der Waals surface area contributed by atoms with Crippen LogP contribution in [0.25, 0.3) is 17.3 Å². The highest BCUT2D eigenvalue weighted by Gasteiger charge is 2.18. The number of hydrogen-bond acceptors (Lipinski definition) is 9. The number of methoxy groups -OCH3 is 3. The predicted octanol–water partition coefficient (Wildman–Crippen LogP) is 7.36. The summed E-state index contributed by atoms with van der Waals surface area (Å²) in [5.41, 5.74) is 3.20. The minimum atomic E-state index is -0.524. The molecule has 250 valence electrons. The van der Waals surface area contributed by atoms with Crippen LogP contribution in [0.15, 0.2) is 113 Å². The summed E-state index contributed by atoms with van der Waals surface area (Å²) in [6, 6.07) is 28.5. The summed E-state index contributed by atoms with van der Waals surface area (Å²) in [6.07, 6.45) is 1.56. The lowest BCUT2D eigenvalue weighted by Gasteiger charge is -2.13. The third-order valence-electron chi connectivity index (χ3n) is 7.14. The summed E-state index contributed by atoms with van der Waals surface area (Å²) in [4.78, 5) is 44.9. The molecular formula is C37H34N4O6S2. The lowest BCUT2D eigenvalue weighted by atomic mass is 10.1. The number of thiazole rings is 1. The first kappa shape index (κ1) is 34.7. The summed E-state index contributed by atoms with van der Waals surface area (Å²) in [7, 11) is 4.67. The molecule has 1 unspecified atom stereocenters. The average molecular weight is 695 g/mol. The molecule has 0 aliphatic heterocycles. The Bertz CT molecular complexity index is 1960. The lowest BCUT2D eigenvalue weighted by Crippen LogP contribution is -2.30. The van der Waals surface area contributed by atoms with Crippen molar-refractivity contribution in [2.75, 3.05) is 32.0 Å². The van der Waals surface area contributed by atoms with Crippen molar-refractivity contribution in [3.05, 3.63) is 119 Å². The van der Waals surface area contributed by atoms with Gasteiger partial charge in [0.15, 0.2) is 16.6 Å². The van der Waals surface area contributed by atoms with Crippen LogP contribution < -0.4 is 30.2 Å². The molecule has 4 aromatic carbocycles. The quantitative estimate of drug-likeness (QED) is 0.0862. The topological polar surface area (TPSA) is 128 Å². The number of thioether (sulfide) groups is 1. The fourth-order valence-electron chi connectivity index (χ4n) is 4.58. The van der Waals surface area contributed by atoms with E-state index < -0.39 is 17.1 Å². The zero-order valence-corrected chi connectivity index (χ0v) is 28.8. The molecule has 5 rings (SSSR count). The summed E-state index contributed by atoms with van der Waals surface area (Å²) in [5, 5.41) is 10.4. The fourth-order valence-corrected chi connectivity index (χ4v) is 6.17. The molecule has 12 heteroatoms. The number of rotatable bonds is 13. The van der Waals surface area contributed by atoms with Gasteiger partial charge in [0.05, 0.1) is 32.3 Å². The molecule has 0 bridgehead atoms. The Kier molecular flexibility index (Phi) is 11.7. The van der Waals surface area contributed by atoms with Gasteiger partial charge in [0.25, 0.3) is 11.8 Å². The van der Waals surface area contributed by atoms with Gasteiger partial charge in [-0.2, -0.15) is 0 Å². The van der Waals surface area contributed by atoms with Gasteiger partial charge >= 0.3 is 0 Å². The van der Waals surface area contributed by atoms with Crippen molar-refractivity contribution >= 4 is 57.7 Å². The Hall–Kier alpha value is -5.59. The molecule has 0 spiro atoms. The van der Waals surface area contributed by atoms with E-state index in [0.29, 0.717) is 33.4 Å². The molecule has 0 saturated carbocycles. The van der Waals surface area contributed by atoms with Gasteiger partial charge in [-0.1, -0.05) is 36.4 Å². The summed E-state index contributed by atoms with van der Waals surface area (Å²) >= 11 is 2.72. The Morgan fingerprint density at radius 1 is 0.816 bits per heavy atom. The number of benzene rings is 4. The number of nitrogens with one attached hydrogen (secondary N) is 3. The van der Waals surface area contributed by atoms with Crippen LogP contribution in [0.1, 0.15) is 22.8 Å². The van der Waals surface area contributed by atoms with E-state index in [0.717, 1.165) is 21.9 Å². The Morgan fingerprint density at radius 2 is 1.57 bits per heavy atom. The third-order valence-corrected chi connectivity index (χ3v) is 9.01. The fraction of sp³-hybridized carbons (Fsp3) is 0.135. The van der Waals surface area contributed by atoms with Crippen LogP contribution >= 0.6 is 23.1 Å². The number of carbonyl (C=O) groups excluding carboxylic acids is 3. The van der Waals surface area contributed by atoms with E-state index in [1.807, 2.05) is 48.7 Å². The van der Waals surface area contributed by atoms with E-state index in [-0.39, 0.29) is 11.6 Å². The van der Waals surface area contributed by atoms with Crippen LogP contribution in [-0.4, -0.2) is 49.3 Å². The van der Waals surface area contributed by atoms with Gasteiger partial charge in [-0.3, -0.25) is 14.4 Å². The van der Waals surface area contributed by atoms with Gasteiger partial charge in [0.2, 0.25) is 5.91 Å². The predicted molar refractivity (Wildman–Crippen MR) is 195 cm³/mol. The molecule has 0 radical (unpaired) electrons. The van der Waals surface area contributed by atoms with Crippen LogP contribution in [-0.2, 0) is 9.59 Å². The Morgan fingerprint density at radius 3 is 2.29 bits per heavy atom. The molecule has 3 N–H and O–H groups in total. The Labute approximate surface area is 292 Å². The maximum absolute atomic E-state index is 13.5. The van der Waals surface area contributed by atoms with E-state index in [1.165, 1.54) is 37.3 Å². The van der Waals surface area contributed by atoms with Crippen molar-refractivity contribution in [3.8, 4) is 28.5 Å². The number of ether oxygens (including phenoxy) is 3. The lowest BCUT2D eigenvalue weighted by molar-refractivity contribution is -0.115. The second kappa shape index (κ2) is 16.5. The molecule has 10 nitrogen and oxygen atoms in total. The second-order valence-electron chi connectivity index (χ2n) is 10.5. The van der Waals surface area contributed by atoms with E-state index in [9.17, 15) is 14.4 Å². The normalized spacial score (nSPS) is 11.6. The summed E-state index contributed by atoms with van der Waals surface area (Å²) < 4.78 is 16.0. The highest BCUT2D eigenvalue weighted by molar-refractivity contribution is 8.00. The number of anilines is 2. The number of hydrogen-bond donors (Lipinski definition) is 3. The van der Waals surface area contributed by atoms with Gasteiger partial charge in [-0.05, 0) is 79.2 Å². The van der Waals surface area contributed by atoms with E-state index >= 15 is 0 Å². The van der Waals surface area contributed by atoms with Crippen LogP contribution in [0.4, 0.5) is 10.8 Å². The molecule has 1 aromatic heterocycles. The average Bonchev–Trinajstić information content (AvgIpc) is 3.60. The van der Waals surface area contributed by atoms with Crippen LogP contribution in [0.5, 0.6) is 17.2 Å². The first-order valence-corrected chi connectivity index (χ1v) is 16.8. The highest BCUT2D eigenvalue weighted by atomic mass is 32.2. The minimum absolute atomic E-state index is 0.0292. The molecule has 3 amide bonds. The molecule has 1 atom stereocenters. The van der Waals surface area contributed by atoms with Crippen molar-refractivity contribution in [2.45, 2.75) is 17.1 Å². The smallest absolute Gasteiger partial charge is 0.272 e. The first-order valence-electron chi connectivity index (χ1n) is 15.0. The van der Waals surface area contributed by atoms with Gasteiger partial charge in [0.1, 0.15) is 11.4 Å². The van der Waals surface area contributed by atoms with Crippen LogP contribution in [0.2, 0.25) is 0 Å². The first-order chi connectivity index (χ1) is 23.8. The summed E-state index contributed by atoms with van der Waals surface area (Å²) in [6.45, 7) is 1.81. The van der Waals surface area contributed by atoms with Crippen molar-refractivity contribution in [1.82, 2.24) is 10.3 Å². The van der Waals surface area contributed by atoms with Crippen LogP contribution in [0.3, 0.4) is 0 Å². The molecule has 1 heterocycles.